The van der Waals surface area contributed by atoms with Gasteiger partial charge in [-0.2, -0.15) is 0 Å². The predicted molar refractivity (Wildman–Crippen MR) is 102 cm³/mol. The third-order valence-electron chi connectivity index (χ3n) is 5.07. The quantitative estimate of drug-likeness (QED) is 0.896. The monoisotopic (exact) mass is 368 g/mol. The molecule has 1 aliphatic rings. The number of likely N-dealkylation sites (tertiary alicyclic amines) is 1. The highest BCUT2D eigenvalue weighted by Gasteiger charge is 2.48. The molecular weight excluding hydrogens is 344 g/mol. The summed E-state index contributed by atoms with van der Waals surface area (Å²) in [7, 11) is 1.67. The molecule has 1 saturated heterocycles. The van der Waals surface area contributed by atoms with Crippen LogP contribution >= 0.6 is 0 Å². The van der Waals surface area contributed by atoms with Crippen molar-refractivity contribution in [3.8, 4) is 5.75 Å². The van der Waals surface area contributed by atoms with Crippen molar-refractivity contribution in [1.82, 2.24) is 4.90 Å². The van der Waals surface area contributed by atoms with Crippen molar-refractivity contribution in [2.24, 2.45) is 0 Å². The van der Waals surface area contributed by atoms with Gasteiger partial charge < -0.3 is 14.7 Å². The Morgan fingerprint density at radius 3 is 2.48 bits per heavy atom. The van der Waals surface area contributed by atoms with E-state index in [1.807, 2.05) is 30.3 Å². The number of phenols is 1. The van der Waals surface area contributed by atoms with Crippen LogP contribution in [0.4, 0.5) is 10.5 Å². The highest BCUT2D eigenvalue weighted by atomic mass is 16.6. The Kier molecular flexibility index (Phi) is 5.35. The fourth-order valence-electron chi connectivity index (χ4n) is 3.43. The molecule has 2 aromatic rings. The number of ether oxygens (including phenoxy) is 1. The fraction of sp³-hybridized carbons (Fsp3) is 0.333. The van der Waals surface area contributed by atoms with Crippen LogP contribution in [0.5, 0.6) is 5.75 Å². The number of likely N-dealkylation sites (N-methyl/N-ethyl adjacent to an activating group) is 1. The number of phenolic OH excluding ortho intramolecular Hbond substituents is 1. The zero-order valence-corrected chi connectivity index (χ0v) is 15.6. The molecule has 1 N–H and O–H groups in total. The topological polar surface area (TPSA) is 70.1 Å². The maximum absolute atomic E-state index is 13.2. The smallest absolute Gasteiger partial charge is 0.410 e. The van der Waals surface area contributed by atoms with Crippen molar-refractivity contribution in [1.29, 1.82) is 0 Å². The molecule has 142 valence electrons. The van der Waals surface area contributed by atoms with Crippen LogP contribution in [0, 0.1) is 0 Å². The molecule has 1 aliphatic heterocycles. The van der Waals surface area contributed by atoms with Gasteiger partial charge in [0.25, 0.3) is 5.91 Å². The van der Waals surface area contributed by atoms with Crippen LogP contribution in [0.25, 0.3) is 0 Å². The van der Waals surface area contributed by atoms with Gasteiger partial charge >= 0.3 is 6.09 Å². The molecule has 0 spiro atoms. The standard InChI is InChI=1S/C21H24N2O4/c1-21(19(25)22(2)17-9-11-18(24)12-10-17)13-6-14-23(21)20(26)27-15-16-7-4-3-5-8-16/h3-5,7-12,24H,6,13-15H2,1-2H3. The van der Waals surface area contributed by atoms with Gasteiger partial charge in [-0.3, -0.25) is 9.69 Å². The molecule has 0 aliphatic carbocycles. The van der Waals surface area contributed by atoms with E-state index in [1.165, 1.54) is 21.9 Å². The number of anilines is 1. The van der Waals surface area contributed by atoms with Crippen molar-refractivity contribution in [3.05, 3.63) is 60.2 Å². The first-order chi connectivity index (χ1) is 12.9. The molecule has 6 heteroatoms. The number of benzene rings is 2. The lowest BCUT2D eigenvalue weighted by Crippen LogP contribution is -2.56. The number of hydrogen-bond donors (Lipinski definition) is 1. The molecule has 1 atom stereocenters. The first-order valence-corrected chi connectivity index (χ1v) is 8.97. The molecule has 0 saturated carbocycles. The second-order valence-corrected chi connectivity index (χ2v) is 6.95. The van der Waals surface area contributed by atoms with Gasteiger partial charge in [0.05, 0.1) is 0 Å². The van der Waals surface area contributed by atoms with E-state index in [1.54, 1.807) is 26.1 Å². The molecule has 0 radical (unpaired) electrons. The van der Waals surface area contributed by atoms with Crippen LogP contribution in [-0.2, 0) is 16.1 Å². The lowest BCUT2D eigenvalue weighted by Gasteiger charge is -2.36. The Hall–Kier alpha value is -3.02. The first kappa shape index (κ1) is 18.8. The minimum atomic E-state index is -0.958. The van der Waals surface area contributed by atoms with Gasteiger partial charge in [-0.25, -0.2) is 4.79 Å². The van der Waals surface area contributed by atoms with E-state index in [4.69, 9.17) is 4.74 Å². The van der Waals surface area contributed by atoms with Gasteiger partial charge in [0.15, 0.2) is 0 Å². The van der Waals surface area contributed by atoms with Crippen molar-refractivity contribution >= 4 is 17.7 Å². The summed E-state index contributed by atoms with van der Waals surface area (Å²) >= 11 is 0. The lowest BCUT2D eigenvalue weighted by atomic mass is 9.97. The molecule has 1 fully saturated rings. The van der Waals surface area contributed by atoms with Crippen molar-refractivity contribution < 1.29 is 19.4 Å². The van der Waals surface area contributed by atoms with Gasteiger partial charge in [0.2, 0.25) is 0 Å². The van der Waals surface area contributed by atoms with Gasteiger partial charge in [-0.1, -0.05) is 30.3 Å². The molecule has 2 amide bonds. The number of rotatable bonds is 4. The van der Waals surface area contributed by atoms with E-state index in [2.05, 4.69) is 0 Å². The maximum Gasteiger partial charge on any atom is 0.410 e. The molecular formula is C21H24N2O4. The Morgan fingerprint density at radius 1 is 1.15 bits per heavy atom. The Labute approximate surface area is 159 Å². The highest BCUT2D eigenvalue weighted by molar-refractivity contribution is 6.01. The molecule has 1 heterocycles. The highest BCUT2D eigenvalue weighted by Crippen LogP contribution is 2.33. The largest absolute Gasteiger partial charge is 0.508 e. The summed E-state index contributed by atoms with van der Waals surface area (Å²) in [5.74, 6) is -0.0415. The van der Waals surface area contributed by atoms with Gasteiger partial charge in [-0.05, 0) is 49.6 Å². The number of aromatic hydroxyl groups is 1. The van der Waals surface area contributed by atoms with Crippen LogP contribution in [-0.4, -0.2) is 41.1 Å². The van der Waals surface area contributed by atoms with E-state index in [-0.39, 0.29) is 18.3 Å². The minimum Gasteiger partial charge on any atom is -0.508 e. The summed E-state index contributed by atoms with van der Waals surface area (Å²) in [6, 6.07) is 15.9. The van der Waals surface area contributed by atoms with Gasteiger partial charge in [-0.15, -0.1) is 0 Å². The van der Waals surface area contributed by atoms with E-state index in [0.29, 0.717) is 18.7 Å². The third kappa shape index (κ3) is 3.89. The van der Waals surface area contributed by atoms with Crippen LogP contribution < -0.4 is 4.90 Å². The number of hydrogen-bond acceptors (Lipinski definition) is 4. The summed E-state index contributed by atoms with van der Waals surface area (Å²) in [4.78, 5) is 28.8. The van der Waals surface area contributed by atoms with Crippen molar-refractivity contribution in [2.45, 2.75) is 31.9 Å². The van der Waals surface area contributed by atoms with Crippen LogP contribution in [0.15, 0.2) is 54.6 Å². The summed E-state index contributed by atoms with van der Waals surface area (Å²) < 4.78 is 5.44. The summed E-state index contributed by atoms with van der Waals surface area (Å²) in [6.45, 7) is 2.44. The minimum absolute atomic E-state index is 0.137. The van der Waals surface area contributed by atoms with E-state index in [9.17, 15) is 14.7 Å². The number of carbonyl (C=O) groups excluding carboxylic acids is 2. The van der Waals surface area contributed by atoms with Gasteiger partial charge in [0, 0.05) is 19.3 Å². The number of nitrogens with zero attached hydrogens (tertiary/aromatic N) is 2. The molecule has 1 unspecified atom stereocenters. The van der Waals surface area contributed by atoms with Crippen LogP contribution in [0.2, 0.25) is 0 Å². The molecule has 6 nitrogen and oxygen atoms in total. The lowest BCUT2D eigenvalue weighted by molar-refractivity contribution is -0.127. The van der Waals surface area contributed by atoms with Crippen molar-refractivity contribution in [2.75, 3.05) is 18.5 Å². The zero-order valence-electron chi connectivity index (χ0n) is 15.6. The summed E-state index contributed by atoms with van der Waals surface area (Å²) in [6.07, 6.45) is 0.840. The normalized spacial score (nSPS) is 19.0. The second-order valence-electron chi connectivity index (χ2n) is 6.95. The molecule has 3 rings (SSSR count). The SMILES string of the molecule is CN(C(=O)C1(C)CCCN1C(=O)OCc1ccccc1)c1ccc(O)cc1. The summed E-state index contributed by atoms with van der Waals surface area (Å²) in [5, 5.41) is 9.43. The Bertz CT molecular complexity index is 807. The van der Waals surface area contributed by atoms with Crippen LogP contribution in [0.3, 0.4) is 0 Å². The van der Waals surface area contributed by atoms with E-state index < -0.39 is 11.6 Å². The average molecular weight is 368 g/mol. The molecule has 0 aromatic heterocycles. The number of amides is 2. The maximum atomic E-state index is 13.2. The van der Waals surface area contributed by atoms with Crippen LogP contribution in [0.1, 0.15) is 25.3 Å². The van der Waals surface area contributed by atoms with E-state index >= 15 is 0 Å². The van der Waals surface area contributed by atoms with Crippen molar-refractivity contribution in [3.63, 3.8) is 0 Å². The number of carbonyl (C=O) groups is 2. The average Bonchev–Trinajstić information content (AvgIpc) is 3.09. The fourth-order valence-corrected chi connectivity index (χ4v) is 3.43. The first-order valence-electron chi connectivity index (χ1n) is 8.97. The zero-order chi connectivity index (χ0) is 19.4. The Balaban J connectivity index is 1.71. The predicted octanol–water partition coefficient (Wildman–Crippen LogP) is 3.55. The van der Waals surface area contributed by atoms with Gasteiger partial charge in [0.1, 0.15) is 17.9 Å². The molecule has 27 heavy (non-hydrogen) atoms. The Morgan fingerprint density at radius 2 is 1.81 bits per heavy atom. The van der Waals surface area contributed by atoms with E-state index in [0.717, 1.165) is 12.0 Å². The summed E-state index contributed by atoms with van der Waals surface area (Å²) in [5.41, 5.74) is 0.600. The molecule has 2 aromatic carbocycles. The third-order valence-corrected chi connectivity index (χ3v) is 5.07. The molecule has 0 bridgehead atoms. The second kappa shape index (κ2) is 7.70.